The Morgan fingerprint density at radius 2 is 2.04 bits per heavy atom. The monoisotopic (exact) mass is 374 g/mol. The average Bonchev–Trinajstić information content (AvgIpc) is 3.06. The number of aromatic nitrogens is 2. The molecule has 1 fully saturated rings. The molecular formula is C18H22N4O3S. The number of nitrogens with zero attached hydrogens (tertiary/aromatic N) is 3. The zero-order chi connectivity index (χ0) is 18.8. The van der Waals surface area contributed by atoms with Crippen molar-refractivity contribution in [3.63, 3.8) is 0 Å². The highest BCUT2D eigenvalue weighted by atomic mass is 32.2. The summed E-state index contributed by atoms with van der Waals surface area (Å²) in [6.45, 7) is 6.53. The van der Waals surface area contributed by atoms with Gasteiger partial charge in [0.05, 0.1) is 16.2 Å². The molecule has 0 saturated carbocycles. The number of imide groups is 1. The number of carbonyl (C=O) groups excluding carboxylic acids is 2. The Kier molecular flexibility index (Phi) is 5.31. The van der Waals surface area contributed by atoms with Crippen molar-refractivity contribution < 1.29 is 9.59 Å². The van der Waals surface area contributed by atoms with E-state index < -0.39 is 5.25 Å². The molecule has 1 aliphatic rings. The molecule has 0 spiro atoms. The minimum Gasteiger partial charge on any atom is -0.336 e. The fourth-order valence-electron chi connectivity index (χ4n) is 2.89. The maximum Gasteiger partial charge on any atom is 0.324 e. The van der Waals surface area contributed by atoms with Crippen LogP contribution in [-0.2, 0) is 4.79 Å². The lowest BCUT2D eigenvalue weighted by atomic mass is 10.2. The minimum absolute atomic E-state index is 0.0421. The Morgan fingerprint density at radius 1 is 1.31 bits per heavy atom. The van der Waals surface area contributed by atoms with Gasteiger partial charge in [0, 0.05) is 19.1 Å². The topological polar surface area (TPSA) is 84.3 Å². The van der Waals surface area contributed by atoms with Crippen LogP contribution in [0.4, 0.5) is 4.79 Å². The zero-order valence-corrected chi connectivity index (χ0v) is 15.9. The number of carbonyl (C=O) groups is 2. The van der Waals surface area contributed by atoms with Crippen LogP contribution < -0.4 is 10.9 Å². The second-order valence-electron chi connectivity index (χ2n) is 6.33. The second-order valence-corrected chi connectivity index (χ2v) is 7.63. The SMILES string of the molecule is CC[C@H](C)n1c(S[C@@H](C)C(=O)N2CCNC2=O)nc2ccccc2c1=O. The van der Waals surface area contributed by atoms with Gasteiger partial charge < -0.3 is 5.32 Å². The fraction of sp³-hybridized carbons (Fsp3) is 0.444. The van der Waals surface area contributed by atoms with Crippen LogP contribution in [0.2, 0.25) is 0 Å². The van der Waals surface area contributed by atoms with Gasteiger partial charge in [-0.3, -0.25) is 19.1 Å². The molecular weight excluding hydrogens is 352 g/mol. The lowest BCUT2D eigenvalue weighted by Crippen LogP contribution is -2.39. The number of rotatable bonds is 5. The van der Waals surface area contributed by atoms with Gasteiger partial charge in [0.25, 0.3) is 5.56 Å². The lowest BCUT2D eigenvalue weighted by molar-refractivity contribution is -0.126. The van der Waals surface area contributed by atoms with Crippen LogP contribution in [0, 0.1) is 0 Å². The standard InChI is InChI=1S/C18H22N4O3S/c1-4-11(2)22-16(24)13-7-5-6-8-14(13)20-18(22)26-12(3)15(23)21-10-9-19-17(21)25/h5-8,11-12H,4,9-10H2,1-3H3,(H,19,25)/t11-,12-/m0/s1. The van der Waals surface area contributed by atoms with Crippen LogP contribution >= 0.6 is 11.8 Å². The first-order valence-electron chi connectivity index (χ1n) is 8.71. The number of amides is 3. The third-order valence-electron chi connectivity index (χ3n) is 4.56. The van der Waals surface area contributed by atoms with E-state index in [9.17, 15) is 14.4 Å². The molecule has 0 radical (unpaired) electrons. The highest BCUT2D eigenvalue weighted by Crippen LogP contribution is 2.27. The molecule has 3 rings (SSSR count). The Bertz CT molecular complexity index is 911. The summed E-state index contributed by atoms with van der Waals surface area (Å²) in [5.74, 6) is -0.275. The van der Waals surface area contributed by atoms with Gasteiger partial charge in [-0.05, 0) is 32.4 Å². The van der Waals surface area contributed by atoms with Gasteiger partial charge in [0.2, 0.25) is 5.91 Å². The summed E-state index contributed by atoms with van der Waals surface area (Å²) >= 11 is 1.22. The second kappa shape index (κ2) is 7.49. The van der Waals surface area contributed by atoms with Crippen LogP contribution in [0.1, 0.15) is 33.2 Å². The van der Waals surface area contributed by atoms with Gasteiger partial charge in [-0.25, -0.2) is 9.78 Å². The number of fused-ring (bicyclic) bond motifs is 1. The summed E-state index contributed by atoms with van der Waals surface area (Å²) in [5, 5.41) is 3.17. The largest absolute Gasteiger partial charge is 0.336 e. The summed E-state index contributed by atoms with van der Waals surface area (Å²) in [7, 11) is 0. The van der Waals surface area contributed by atoms with Gasteiger partial charge in [-0.2, -0.15) is 0 Å². The van der Waals surface area contributed by atoms with Crippen molar-refractivity contribution in [2.24, 2.45) is 0 Å². The number of benzene rings is 1. The van der Waals surface area contributed by atoms with E-state index in [1.54, 1.807) is 23.6 Å². The number of thioether (sulfide) groups is 1. The highest BCUT2D eigenvalue weighted by Gasteiger charge is 2.31. The fourth-order valence-corrected chi connectivity index (χ4v) is 3.96. The Hall–Kier alpha value is -2.35. The molecule has 2 atom stereocenters. The quantitative estimate of drug-likeness (QED) is 0.642. The van der Waals surface area contributed by atoms with Gasteiger partial charge in [-0.1, -0.05) is 30.8 Å². The van der Waals surface area contributed by atoms with E-state index in [1.165, 1.54) is 16.7 Å². The summed E-state index contributed by atoms with van der Waals surface area (Å²) < 4.78 is 1.65. The number of urea groups is 1. The first kappa shape index (κ1) is 18.4. The molecule has 8 heteroatoms. The van der Waals surface area contributed by atoms with E-state index in [1.807, 2.05) is 26.0 Å². The highest BCUT2D eigenvalue weighted by molar-refractivity contribution is 8.00. The van der Waals surface area contributed by atoms with Crippen molar-refractivity contribution in [3.8, 4) is 0 Å². The van der Waals surface area contributed by atoms with Crippen molar-refractivity contribution in [2.75, 3.05) is 13.1 Å². The molecule has 0 unspecified atom stereocenters. The summed E-state index contributed by atoms with van der Waals surface area (Å²) in [6, 6.07) is 6.80. The lowest BCUT2D eigenvalue weighted by Gasteiger charge is -2.21. The minimum atomic E-state index is -0.526. The summed E-state index contributed by atoms with van der Waals surface area (Å²) in [5.41, 5.74) is 0.504. The molecule has 2 aromatic rings. The Morgan fingerprint density at radius 3 is 2.69 bits per heavy atom. The van der Waals surface area contributed by atoms with Gasteiger partial charge in [0.1, 0.15) is 0 Å². The summed E-state index contributed by atoms with van der Waals surface area (Å²) in [6.07, 6.45) is 0.768. The smallest absolute Gasteiger partial charge is 0.324 e. The van der Waals surface area contributed by atoms with Crippen molar-refractivity contribution >= 4 is 34.6 Å². The molecule has 1 aromatic heterocycles. The summed E-state index contributed by atoms with van der Waals surface area (Å²) in [4.78, 5) is 43.1. The number of nitrogens with one attached hydrogen (secondary N) is 1. The van der Waals surface area contributed by atoms with Crippen LogP contribution in [0.3, 0.4) is 0 Å². The average molecular weight is 374 g/mol. The van der Waals surface area contributed by atoms with E-state index in [0.29, 0.717) is 29.1 Å². The first-order chi connectivity index (χ1) is 12.4. The maximum absolute atomic E-state index is 13.0. The maximum atomic E-state index is 13.0. The molecule has 1 aromatic carbocycles. The van der Waals surface area contributed by atoms with Crippen LogP contribution in [0.5, 0.6) is 0 Å². The Balaban J connectivity index is 1.99. The number of hydrogen-bond acceptors (Lipinski definition) is 5. The van der Waals surface area contributed by atoms with Gasteiger partial charge >= 0.3 is 6.03 Å². The molecule has 1 aliphatic heterocycles. The third-order valence-corrected chi connectivity index (χ3v) is 5.61. The van der Waals surface area contributed by atoms with Crippen LogP contribution in [0.15, 0.2) is 34.2 Å². The predicted molar refractivity (Wildman–Crippen MR) is 101 cm³/mol. The molecule has 7 nitrogen and oxygen atoms in total. The van der Waals surface area contributed by atoms with Gasteiger partial charge in [0.15, 0.2) is 5.16 Å². The molecule has 2 heterocycles. The van der Waals surface area contributed by atoms with E-state index in [0.717, 1.165) is 6.42 Å². The first-order valence-corrected chi connectivity index (χ1v) is 9.59. The van der Waals surface area contributed by atoms with Gasteiger partial charge in [-0.15, -0.1) is 0 Å². The number of para-hydroxylation sites is 1. The van der Waals surface area contributed by atoms with E-state index in [4.69, 9.17) is 0 Å². The van der Waals surface area contributed by atoms with Crippen LogP contribution in [-0.4, -0.2) is 44.7 Å². The molecule has 138 valence electrons. The van der Waals surface area contributed by atoms with Crippen molar-refractivity contribution in [3.05, 3.63) is 34.6 Å². The molecule has 0 aliphatic carbocycles. The van der Waals surface area contributed by atoms with Crippen LogP contribution in [0.25, 0.3) is 10.9 Å². The molecule has 1 saturated heterocycles. The third kappa shape index (κ3) is 3.33. The van der Waals surface area contributed by atoms with Crippen molar-refractivity contribution in [1.82, 2.24) is 19.8 Å². The van der Waals surface area contributed by atoms with E-state index >= 15 is 0 Å². The van der Waals surface area contributed by atoms with E-state index in [-0.39, 0.29) is 23.5 Å². The van der Waals surface area contributed by atoms with Crippen molar-refractivity contribution in [1.29, 1.82) is 0 Å². The van der Waals surface area contributed by atoms with E-state index in [2.05, 4.69) is 10.3 Å². The van der Waals surface area contributed by atoms with Crippen molar-refractivity contribution in [2.45, 2.75) is 43.6 Å². The Labute approximate surface area is 155 Å². The normalized spacial score (nSPS) is 16.6. The molecule has 3 amide bonds. The zero-order valence-electron chi connectivity index (χ0n) is 15.1. The molecule has 0 bridgehead atoms. The molecule has 1 N–H and O–H groups in total. The number of hydrogen-bond donors (Lipinski definition) is 1. The predicted octanol–water partition coefficient (Wildman–Crippen LogP) is 2.40. The molecule has 26 heavy (non-hydrogen) atoms.